The molecule has 47 heavy (non-hydrogen) atoms. The van der Waals surface area contributed by atoms with Crippen LogP contribution in [0.25, 0.3) is 22.2 Å². The van der Waals surface area contributed by atoms with E-state index >= 15 is 0 Å². The molecule has 2 aromatic carbocycles. The van der Waals surface area contributed by atoms with Crippen LogP contribution < -0.4 is 10.6 Å². The van der Waals surface area contributed by atoms with E-state index in [4.69, 9.17) is 23.2 Å². The summed E-state index contributed by atoms with van der Waals surface area (Å²) < 4.78 is 42.7. The smallest absolute Gasteiger partial charge is 0.337 e. The number of hydrogen-bond acceptors (Lipinski definition) is 7. The van der Waals surface area contributed by atoms with Crippen LogP contribution >= 0.6 is 23.2 Å². The Bertz CT molecular complexity index is 1980. The molecule has 0 unspecified atom stereocenters. The lowest BCUT2D eigenvalue weighted by Gasteiger charge is -2.36. The molecule has 14 heteroatoms. The minimum Gasteiger partial charge on any atom is -0.337 e. The number of fused-ring (bicyclic) bond motifs is 2. The summed E-state index contributed by atoms with van der Waals surface area (Å²) in [6, 6.07) is 15.2. The monoisotopic (exact) mass is 680 g/mol. The van der Waals surface area contributed by atoms with Gasteiger partial charge in [-0.15, -0.1) is 0 Å². The molecule has 5 heterocycles. The third-order valence-electron chi connectivity index (χ3n) is 8.56. The summed E-state index contributed by atoms with van der Waals surface area (Å²) >= 11 is 13.7. The van der Waals surface area contributed by atoms with E-state index in [1.54, 1.807) is 36.4 Å². The summed E-state index contributed by atoms with van der Waals surface area (Å²) in [5.41, 5.74) is 3.19. The van der Waals surface area contributed by atoms with Gasteiger partial charge in [-0.2, -0.15) is 18.3 Å². The highest BCUT2D eigenvalue weighted by molar-refractivity contribution is 6.39. The standard InChI is InChI=1S/C33H29Cl2F3N8O/c34-27-19(8-4-10-21(27)40-30-29-23(12-6-14-39-29)42-32(43-30)33(36,37)38)20-9-5-11-22(28(20)35)41-31(47)24-18-26-25(13-7-17-46(26)44-24)45-15-2-1-3-16-45/h4-6,8-12,14,18,25H,1-3,7,13,15-17H2,(H,41,47)(H,40,42,43)/t25-/m1/s1. The van der Waals surface area contributed by atoms with Crippen molar-refractivity contribution < 1.29 is 18.0 Å². The topological polar surface area (TPSA) is 101 Å². The number of nitrogens with one attached hydrogen (secondary N) is 2. The molecule has 3 aromatic heterocycles. The molecule has 1 saturated heterocycles. The highest BCUT2D eigenvalue weighted by Gasteiger charge is 2.36. The van der Waals surface area contributed by atoms with Gasteiger partial charge in [-0.05, 0) is 69.1 Å². The van der Waals surface area contributed by atoms with Gasteiger partial charge in [-0.1, -0.05) is 53.9 Å². The van der Waals surface area contributed by atoms with Crippen LogP contribution in [0, 0.1) is 0 Å². The summed E-state index contributed by atoms with van der Waals surface area (Å²) in [7, 11) is 0. The van der Waals surface area contributed by atoms with Crippen LogP contribution in [-0.4, -0.2) is 48.6 Å². The SMILES string of the molecule is O=C(Nc1cccc(-c2cccc(Nc3nc(C(F)(F)F)nc4cccnc34)c2Cl)c1Cl)c1cc2n(n1)CCC[C@H]2N1CCCCC1. The molecular formula is C33H29Cl2F3N8O. The summed E-state index contributed by atoms with van der Waals surface area (Å²) in [5, 5.41) is 10.9. The minimum absolute atomic E-state index is 0.0247. The number of amides is 1. The number of benzene rings is 2. The predicted molar refractivity (Wildman–Crippen MR) is 175 cm³/mol. The average Bonchev–Trinajstić information content (AvgIpc) is 3.52. The maximum atomic E-state index is 13.6. The van der Waals surface area contributed by atoms with Crippen LogP contribution in [0.2, 0.25) is 10.0 Å². The van der Waals surface area contributed by atoms with Crippen molar-refractivity contribution in [2.45, 2.75) is 50.9 Å². The molecule has 0 aliphatic carbocycles. The highest BCUT2D eigenvalue weighted by atomic mass is 35.5. The Balaban J connectivity index is 1.16. The number of piperidine rings is 1. The number of rotatable bonds is 6. The second-order valence-corrected chi connectivity index (χ2v) is 12.4. The van der Waals surface area contributed by atoms with Crippen molar-refractivity contribution in [2.24, 2.45) is 0 Å². The van der Waals surface area contributed by atoms with Crippen molar-refractivity contribution in [1.29, 1.82) is 0 Å². The number of hydrogen-bond donors (Lipinski definition) is 2. The third kappa shape index (κ3) is 6.24. The molecule has 242 valence electrons. The molecule has 0 saturated carbocycles. The Morgan fingerprint density at radius 3 is 2.34 bits per heavy atom. The number of aromatic nitrogens is 5. The van der Waals surface area contributed by atoms with Gasteiger partial charge < -0.3 is 10.6 Å². The van der Waals surface area contributed by atoms with Crippen molar-refractivity contribution >= 4 is 57.3 Å². The zero-order valence-corrected chi connectivity index (χ0v) is 26.5. The first kappa shape index (κ1) is 31.3. The number of anilines is 3. The molecule has 2 aliphatic heterocycles. The van der Waals surface area contributed by atoms with Gasteiger partial charge in [0, 0.05) is 23.9 Å². The lowest BCUT2D eigenvalue weighted by molar-refractivity contribution is -0.144. The second-order valence-electron chi connectivity index (χ2n) is 11.6. The lowest BCUT2D eigenvalue weighted by atomic mass is 9.99. The molecule has 9 nitrogen and oxygen atoms in total. The van der Waals surface area contributed by atoms with E-state index in [1.807, 2.05) is 10.7 Å². The molecule has 0 radical (unpaired) electrons. The maximum absolute atomic E-state index is 13.6. The fourth-order valence-corrected chi connectivity index (χ4v) is 6.89. The van der Waals surface area contributed by atoms with Crippen molar-refractivity contribution in [3.63, 3.8) is 0 Å². The van der Waals surface area contributed by atoms with E-state index in [9.17, 15) is 18.0 Å². The van der Waals surface area contributed by atoms with Gasteiger partial charge in [0.25, 0.3) is 5.91 Å². The summed E-state index contributed by atoms with van der Waals surface area (Å²) in [4.78, 5) is 27.4. The molecule has 2 N–H and O–H groups in total. The summed E-state index contributed by atoms with van der Waals surface area (Å²) in [6.45, 7) is 2.88. The van der Waals surface area contributed by atoms with Crippen molar-refractivity contribution in [1.82, 2.24) is 29.6 Å². The third-order valence-corrected chi connectivity index (χ3v) is 9.38. The fraction of sp³-hybridized carbons (Fsp3) is 0.303. The molecule has 7 rings (SSSR count). The van der Waals surface area contributed by atoms with Gasteiger partial charge in [-0.3, -0.25) is 19.4 Å². The van der Waals surface area contributed by atoms with Gasteiger partial charge in [0.05, 0.1) is 38.7 Å². The minimum atomic E-state index is -4.77. The van der Waals surface area contributed by atoms with Crippen LogP contribution in [-0.2, 0) is 12.7 Å². The fourth-order valence-electron chi connectivity index (χ4n) is 6.34. The summed E-state index contributed by atoms with van der Waals surface area (Å²) in [6.07, 6.45) is 2.34. The maximum Gasteiger partial charge on any atom is 0.451 e. The summed E-state index contributed by atoms with van der Waals surface area (Å²) in [5.74, 6) is -1.84. The van der Waals surface area contributed by atoms with E-state index in [2.05, 4.69) is 35.6 Å². The molecule has 1 amide bonds. The Morgan fingerprint density at radius 1 is 0.872 bits per heavy atom. The number of likely N-dealkylation sites (tertiary alicyclic amines) is 1. The van der Waals surface area contributed by atoms with Crippen LogP contribution in [0.1, 0.15) is 60.2 Å². The largest absolute Gasteiger partial charge is 0.451 e. The van der Waals surface area contributed by atoms with Gasteiger partial charge >= 0.3 is 6.18 Å². The normalized spacial score (nSPS) is 17.0. The van der Waals surface area contributed by atoms with Crippen LogP contribution in [0.3, 0.4) is 0 Å². The van der Waals surface area contributed by atoms with Crippen molar-refractivity contribution in [3.05, 3.63) is 88.1 Å². The molecule has 2 aliphatic rings. The lowest BCUT2D eigenvalue weighted by Crippen LogP contribution is -2.36. The number of pyridine rings is 1. The first-order valence-corrected chi connectivity index (χ1v) is 16.1. The van der Waals surface area contributed by atoms with E-state index < -0.39 is 12.0 Å². The van der Waals surface area contributed by atoms with E-state index in [0.29, 0.717) is 22.5 Å². The van der Waals surface area contributed by atoms with Crippen LogP contribution in [0.4, 0.5) is 30.4 Å². The number of halogens is 5. The Hall–Kier alpha value is -4.26. The van der Waals surface area contributed by atoms with E-state index in [1.165, 1.54) is 37.6 Å². The van der Waals surface area contributed by atoms with Gasteiger partial charge in [0.1, 0.15) is 5.52 Å². The quantitative estimate of drug-likeness (QED) is 0.185. The molecule has 0 spiro atoms. The van der Waals surface area contributed by atoms with Gasteiger partial charge in [0.15, 0.2) is 11.5 Å². The first-order chi connectivity index (χ1) is 22.7. The van der Waals surface area contributed by atoms with E-state index in [0.717, 1.165) is 38.2 Å². The second kappa shape index (κ2) is 12.7. The van der Waals surface area contributed by atoms with Gasteiger partial charge in [0.2, 0.25) is 5.82 Å². The average molecular weight is 682 g/mol. The van der Waals surface area contributed by atoms with Crippen LogP contribution in [0.15, 0.2) is 60.8 Å². The Labute approximate surface area is 278 Å². The number of carbonyl (C=O) groups excluding carboxylic acids is 1. The Morgan fingerprint density at radius 2 is 1.60 bits per heavy atom. The van der Waals surface area contributed by atoms with Crippen LogP contribution in [0.5, 0.6) is 0 Å². The molecule has 1 fully saturated rings. The number of aryl methyl sites for hydroxylation is 1. The Kier molecular flexibility index (Phi) is 8.50. The first-order valence-electron chi connectivity index (χ1n) is 15.3. The highest BCUT2D eigenvalue weighted by Crippen LogP contribution is 2.42. The molecule has 0 bridgehead atoms. The van der Waals surface area contributed by atoms with E-state index in [-0.39, 0.29) is 44.5 Å². The van der Waals surface area contributed by atoms with Crippen molar-refractivity contribution in [3.8, 4) is 11.1 Å². The number of alkyl halides is 3. The number of carbonyl (C=O) groups is 1. The molecule has 5 aromatic rings. The van der Waals surface area contributed by atoms with Gasteiger partial charge in [-0.25, -0.2) is 9.97 Å². The predicted octanol–water partition coefficient (Wildman–Crippen LogP) is 8.53. The van der Waals surface area contributed by atoms with Crippen molar-refractivity contribution in [2.75, 3.05) is 23.7 Å². The zero-order chi connectivity index (χ0) is 32.7. The zero-order valence-electron chi connectivity index (χ0n) is 25.0. The molecule has 1 atom stereocenters. The molecular weight excluding hydrogens is 652 g/mol. The number of nitrogens with zero attached hydrogens (tertiary/aromatic N) is 6.